The number of aliphatic hydroxyl groups is 2. The van der Waals surface area contributed by atoms with Crippen LogP contribution in [0, 0.1) is 13.8 Å². The summed E-state index contributed by atoms with van der Waals surface area (Å²) in [7, 11) is 2.51. The number of nitrogens with zero attached hydrogens (tertiary/aromatic N) is 6. The molecule has 2 aromatic carbocycles. The summed E-state index contributed by atoms with van der Waals surface area (Å²) in [6.45, 7) is 8.23. The second kappa shape index (κ2) is 21.2. The summed E-state index contributed by atoms with van der Waals surface area (Å²) in [5, 5.41) is 30.3. The summed E-state index contributed by atoms with van der Waals surface area (Å²) in [4.78, 5) is 106. The number of ether oxygens (including phenoxy) is 4. The Hall–Kier alpha value is -8.63. The van der Waals surface area contributed by atoms with Crippen LogP contribution in [0.1, 0.15) is 97.0 Å². The van der Waals surface area contributed by atoms with E-state index in [4.69, 9.17) is 28.8 Å². The van der Waals surface area contributed by atoms with Gasteiger partial charge in [-0.05, 0) is 98.5 Å². The van der Waals surface area contributed by atoms with Crippen molar-refractivity contribution in [1.29, 1.82) is 0 Å². The molecule has 2 fully saturated rings. The Balaban J connectivity index is 0.000000184. The first-order valence-corrected chi connectivity index (χ1v) is 24.3. The molecule has 0 saturated carbocycles. The summed E-state index contributed by atoms with van der Waals surface area (Å²) in [5.74, 6) is -4.58. The molecule has 10 rings (SSSR count). The zero-order valence-corrected chi connectivity index (χ0v) is 42.3. The summed E-state index contributed by atoms with van der Waals surface area (Å²) in [5.41, 5.74) is 4.23. The number of hydrogen-bond acceptors (Lipinski definition) is 19. The molecule has 0 bridgehead atoms. The third-order valence-corrected chi connectivity index (χ3v) is 14.2. The van der Waals surface area contributed by atoms with Crippen molar-refractivity contribution in [2.24, 2.45) is 0 Å². The number of anilines is 2. The Kier molecular flexibility index (Phi) is 14.8. The van der Waals surface area contributed by atoms with Crippen LogP contribution >= 0.6 is 22.7 Å². The molecule has 22 heteroatoms. The molecule has 74 heavy (non-hydrogen) atoms. The van der Waals surface area contributed by atoms with E-state index >= 15 is 0 Å². The summed E-state index contributed by atoms with van der Waals surface area (Å²) < 4.78 is 21.1. The van der Waals surface area contributed by atoms with Crippen LogP contribution in [0.25, 0.3) is 11.5 Å². The van der Waals surface area contributed by atoms with Crippen molar-refractivity contribution in [1.82, 2.24) is 19.9 Å². The molecule has 380 valence electrons. The van der Waals surface area contributed by atoms with Gasteiger partial charge in [-0.25, -0.2) is 19.6 Å². The minimum Gasteiger partial charge on any atom is -0.507 e. The van der Waals surface area contributed by atoms with Crippen LogP contribution in [-0.2, 0) is 46.3 Å². The van der Waals surface area contributed by atoms with Gasteiger partial charge in [0.25, 0.3) is 17.5 Å². The molecule has 3 N–H and O–H groups in total. The van der Waals surface area contributed by atoms with Gasteiger partial charge in [0.2, 0.25) is 0 Å². The van der Waals surface area contributed by atoms with Crippen LogP contribution in [0.5, 0.6) is 11.5 Å². The number of aryl methyl sites for hydroxylation is 2. The van der Waals surface area contributed by atoms with E-state index < -0.39 is 53.4 Å². The number of Topliss-reactive ketones (excluding diaryl/α,β-unsaturated/α-hetero) is 2. The summed E-state index contributed by atoms with van der Waals surface area (Å²) in [6, 6.07) is 15.2. The van der Waals surface area contributed by atoms with Crippen molar-refractivity contribution in [2.45, 2.75) is 71.8 Å². The van der Waals surface area contributed by atoms with E-state index in [2.05, 4.69) is 19.9 Å². The number of carboxylic acids is 1. The molecule has 4 atom stereocenters. The first kappa shape index (κ1) is 51.7. The lowest BCUT2D eigenvalue weighted by molar-refractivity contribution is -0.134. The number of carbonyl (C=O) groups excluding carboxylic acids is 6. The number of esters is 2. The number of carbonyl (C=O) groups is 7. The Bertz CT molecular complexity index is 3120. The third-order valence-electron chi connectivity index (χ3n) is 12.0. The van der Waals surface area contributed by atoms with Crippen molar-refractivity contribution >= 4 is 85.7 Å². The number of fused-ring (bicyclic) bond motifs is 2. The number of methoxy groups -OCH3 is 2. The predicted octanol–water partition coefficient (Wildman–Crippen LogP) is 7.26. The fraction of sp³-hybridized carbons (Fsp3) is 0.250. The van der Waals surface area contributed by atoms with Gasteiger partial charge in [-0.15, -0.1) is 0 Å². The molecular formula is C52H46N6O14S2. The van der Waals surface area contributed by atoms with Crippen LogP contribution in [0.15, 0.2) is 96.6 Å². The molecule has 4 aliphatic heterocycles. The molecule has 6 aromatic rings. The van der Waals surface area contributed by atoms with Crippen LogP contribution in [0.4, 0.5) is 10.3 Å². The number of aliphatic carboxylic acids is 1. The number of hydrogen-bond donors (Lipinski definition) is 3. The number of aromatic nitrogens is 4. The number of pyridine rings is 2. The van der Waals surface area contributed by atoms with Crippen LogP contribution in [0.3, 0.4) is 0 Å². The molecule has 8 heterocycles. The van der Waals surface area contributed by atoms with Gasteiger partial charge in [-0.2, -0.15) is 0 Å². The van der Waals surface area contributed by atoms with Crippen molar-refractivity contribution in [3.8, 4) is 11.5 Å². The van der Waals surface area contributed by atoms with Gasteiger partial charge in [0.1, 0.15) is 45.0 Å². The largest absolute Gasteiger partial charge is 0.507 e. The number of ketones is 2. The standard InChI is InChI=1S/2C25H21N3O6S.C2H4O2/c2*1-12-9-16-10-14(6-7-17(16)34-12)20(29)18-19(15-5-4-8-26-11-15)28(23(31)21(18)30)25-27-13(2)22(35-25)24(32)33-3;1-2(3)4/h2*4-8,10-12,19,29H,9H2,1-3H3;1H3,(H,3,4)/b2*20-18+;. The SMILES string of the molecule is CC(=O)O.COC(=O)c1sc(N2C(=O)C(=O)/C(=C(/O)c3ccc4c(c3)CC(C)O4)C2c2cccnc2)nc1C.COC(=O)c1sc(N2C(=O)C(=O)/C(=C(/O)c3ccc4c(c3)CC(C)O4)C2c2cccnc2)nc1C. The molecule has 2 saturated heterocycles. The van der Waals surface area contributed by atoms with E-state index in [1.54, 1.807) is 86.9 Å². The van der Waals surface area contributed by atoms with Crippen LogP contribution < -0.4 is 19.3 Å². The van der Waals surface area contributed by atoms with Gasteiger partial charge in [0, 0.05) is 55.7 Å². The van der Waals surface area contributed by atoms with E-state index in [1.165, 1.54) is 36.4 Å². The third kappa shape index (κ3) is 9.95. The normalized spacial score (nSPS) is 19.8. The fourth-order valence-electron chi connectivity index (χ4n) is 8.75. The lowest BCUT2D eigenvalue weighted by Gasteiger charge is -2.22. The predicted molar refractivity (Wildman–Crippen MR) is 268 cm³/mol. The number of carboxylic acid groups (broad SMARTS) is 1. The fourth-order valence-corrected chi connectivity index (χ4v) is 10.8. The van der Waals surface area contributed by atoms with E-state index in [9.17, 15) is 39.0 Å². The first-order valence-electron chi connectivity index (χ1n) is 22.7. The quantitative estimate of drug-likeness (QED) is 0.0585. The van der Waals surface area contributed by atoms with E-state index in [-0.39, 0.29) is 54.9 Å². The van der Waals surface area contributed by atoms with E-state index in [1.807, 2.05) is 13.8 Å². The molecule has 4 aliphatic rings. The molecule has 4 aromatic heterocycles. The highest BCUT2D eigenvalue weighted by Gasteiger charge is 2.50. The number of aliphatic hydroxyl groups excluding tert-OH is 2. The lowest BCUT2D eigenvalue weighted by Crippen LogP contribution is -2.29. The smallest absolute Gasteiger partial charge is 0.350 e. The average molecular weight is 1040 g/mol. The van der Waals surface area contributed by atoms with Crippen molar-refractivity contribution in [3.05, 3.63) is 151 Å². The Morgan fingerprint density at radius 2 is 1.01 bits per heavy atom. The number of amides is 2. The zero-order chi connectivity index (χ0) is 53.3. The Morgan fingerprint density at radius 3 is 1.35 bits per heavy atom. The summed E-state index contributed by atoms with van der Waals surface area (Å²) >= 11 is 1.89. The van der Waals surface area contributed by atoms with Crippen molar-refractivity contribution < 1.29 is 67.8 Å². The minimum absolute atomic E-state index is 0.0144. The lowest BCUT2D eigenvalue weighted by atomic mass is 9.95. The number of benzene rings is 2. The maximum Gasteiger partial charge on any atom is 0.350 e. The van der Waals surface area contributed by atoms with Gasteiger partial charge in [0.15, 0.2) is 10.3 Å². The molecule has 20 nitrogen and oxygen atoms in total. The first-order chi connectivity index (χ1) is 35.3. The monoisotopic (exact) mass is 1040 g/mol. The summed E-state index contributed by atoms with van der Waals surface area (Å²) in [6.07, 6.45) is 7.56. The van der Waals surface area contributed by atoms with Gasteiger partial charge in [-0.3, -0.25) is 43.7 Å². The maximum absolute atomic E-state index is 13.3. The highest BCUT2D eigenvalue weighted by molar-refractivity contribution is 7.18. The van der Waals surface area contributed by atoms with Crippen molar-refractivity contribution in [2.75, 3.05) is 24.0 Å². The Labute approximate surface area is 430 Å². The highest BCUT2D eigenvalue weighted by atomic mass is 32.1. The van der Waals surface area contributed by atoms with Crippen LogP contribution in [0.2, 0.25) is 0 Å². The zero-order valence-electron chi connectivity index (χ0n) is 40.6. The molecule has 2 amide bonds. The molecular weight excluding hydrogens is 997 g/mol. The number of rotatable bonds is 8. The molecule has 0 radical (unpaired) electrons. The molecule has 0 aliphatic carbocycles. The second-order valence-electron chi connectivity index (χ2n) is 17.1. The van der Waals surface area contributed by atoms with Gasteiger partial charge in [-0.1, -0.05) is 34.8 Å². The van der Waals surface area contributed by atoms with Gasteiger partial charge < -0.3 is 34.3 Å². The highest BCUT2D eigenvalue weighted by Crippen LogP contribution is 2.46. The van der Waals surface area contributed by atoms with E-state index in [0.29, 0.717) is 46.5 Å². The maximum atomic E-state index is 13.3. The molecule has 0 spiro atoms. The average Bonchev–Trinajstić information content (AvgIpc) is 4.24. The van der Waals surface area contributed by atoms with Gasteiger partial charge >= 0.3 is 23.8 Å². The van der Waals surface area contributed by atoms with Crippen molar-refractivity contribution in [3.63, 3.8) is 0 Å². The van der Waals surface area contributed by atoms with Gasteiger partial charge in [0.05, 0.1) is 48.8 Å². The van der Waals surface area contributed by atoms with Crippen LogP contribution in [-0.4, -0.2) is 103 Å². The molecule has 4 unspecified atom stereocenters. The number of thiazole rings is 2. The topological polar surface area (TPSA) is 275 Å². The Morgan fingerprint density at radius 1 is 0.635 bits per heavy atom. The minimum atomic E-state index is -0.983. The van der Waals surface area contributed by atoms with E-state index in [0.717, 1.165) is 52.2 Å². The second-order valence-corrected chi connectivity index (χ2v) is 19.1.